The molecule has 0 atom stereocenters. The summed E-state index contributed by atoms with van der Waals surface area (Å²) in [5, 5.41) is 0. The first-order valence-corrected chi connectivity index (χ1v) is 14.7. The molecule has 0 saturated heterocycles. The quantitative estimate of drug-likeness (QED) is 0.0933. The number of aryl methyl sites for hydroxylation is 1. The summed E-state index contributed by atoms with van der Waals surface area (Å²) in [6.07, 6.45) is 0. The molecule has 0 saturated carbocycles. The molecule has 0 heterocycles. The van der Waals surface area contributed by atoms with Crippen LogP contribution in [0.15, 0.2) is 29.2 Å². The standard InChI is InChI=1S/C27H46O12S/c1-24-5-7-25(8-6-24)40(29,30)38-22-21-36-18-17-34-14-13-32-10-9-31-11-12-33-15-16-35-19-20-37-23-26(28)39-27(2,3)4/h5-8H,9-23H2,1-4H3. The molecule has 0 aliphatic carbocycles. The number of hydrogen-bond donors (Lipinski definition) is 0. The van der Waals surface area contributed by atoms with Crippen molar-refractivity contribution in [3.05, 3.63) is 29.8 Å². The van der Waals surface area contributed by atoms with Crippen LogP contribution in [-0.2, 0) is 57.0 Å². The third-order valence-electron chi connectivity index (χ3n) is 4.65. The summed E-state index contributed by atoms with van der Waals surface area (Å²) in [5.74, 6) is -0.397. The molecule has 12 nitrogen and oxygen atoms in total. The van der Waals surface area contributed by atoms with E-state index in [1.54, 1.807) is 32.9 Å². The van der Waals surface area contributed by atoms with E-state index in [1.165, 1.54) is 12.1 Å². The molecule has 0 aromatic heterocycles. The van der Waals surface area contributed by atoms with Crippen LogP contribution in [0.3, 0.4) is 0 Å². The summed E-state index contributed by atoms with van der Waals surface area (Å²) in [7, 11) is -3.77. The van der Waals surface area contributed by atoms with Gasteiger partial charge in [-0.05, 0) is 39.8 Å². The molecule has 13 heteroatoms. The molecule has 0 radical (unpaired) electrons. The van der Waals surface area contributed by atoms with Crippen LogP contribution in [-0.4, -0.2) is 119 Å². The molecule has 0 bridgehead atoms. The van der Waals surface area contributed by atoms with E-state index in [-0.39, 0.29) is 24.7 Å². The van der Waals surface area contributed by atoms with Crippen LogP contribution in [0.2, 0.25) is 0 Å². The molecule has 1 aromatic carbocycles. The lowest BCUT2D eigenvalue weighted by Gasteiger charge is -2.19. The number of rotatable bonds is 25. The molecular formula is C27H46O12S. The van der Waals surface area contributed by atoms with Crippen molar-refractivity contribution in [2.75, 3.05) is 99.1 Å². The van der Waals surface area contributed by atoms with Crippen molar-refractivity contribution in [2.45, 2.75) is 38.2 Å². The predicted octanol–water partition coefficient (Wildman–Crippen LogP) is 2.16. The number of carbonyl (C=O) groups is 1. The molecule has 232 valence electrons. The minimum absolute atomic E-state index is 0.0632. The molecule has 0 amide bonds. The number of benzene rings is 1. The minimum atomic E-state index is -3.77. The number of carbonyl (C=O) groups excluding carboxylic acids is 1. The Hall–Kier alpha value is -1.68. The highest BCUT2D eigenvalue weighted by molar-refractivity contribution is 7.86. The van der Waals surface area contributed by atoms with Crippen LogP contribution in [0.5, 0.6) is 0 Å². The monoisotopic (exact) mass is 594 g/mol. The van der Waals surface area contributed by atoms with Gasteiger partial charge in [0.1, 0.15) is 12.2 Å². The van der Waals surface area contributed by atoms with Gasteiger partial charge in [0.2, 0.25) is 0 Å². The second-order valence-corrected chi connectivity index (χ2v) is 11.0. The van der Waals surface area contributed by atoms with E-state index < -0.39 is 21.7 Å². The third-order valence-corrected chi connectivity index (χ3v) is 5.97. The summed E-state index contributed by atoms with van der Waals surface area (Å²) >= 11 is 0. The normalized spacial score (nSPS) is 12.1. The van der Waals surface area contributed by atoms with E-state index >= 15 is 0 Å². The summed E-state index contributed by atoms with van der Waals surface area (Å²) in [4.78, 5) is 11.6. The first-order chi connectivity index (χ1) is 19.1. The van der Waals surface area contributed by atoms with E-state index in [0.29, 0.717) is 79.3 Å². The fourth-order valence-corrected chi connectivity index (χ4v) is 3.71. The van der Waals surface area contributed by atoms with Gasteiger partial charge >= 0.3 is 5.97 Å². The maximum atomic E-state index is 12.0. The lowest BCUT2D eigenvalue weighted by molar-refractivity contribution is -0.160. The second-order valence-electron chi connectivity index (χ2n) is 9.40. The fraction of sp³-hybridized carbons (Fsp3) is 0.741. The Kier molecular flexibility index (Phi) is 20.0. The van der Waals surface area contributed by atoms with Crippen molar-refractivity contribution in [3.8, 4) is 0 Å². The van der Waals surface area contributed by atoms with Gasteiger partial charge in [0.15, 0.2) is 0 Å². The number of ether oxygens (including phenoxy) is 8. The van der Waals surface area contributed by atoms with Crippen LogP contribution in [0.25, 0.3) is 0 Å². The zero-order chi connectivity index (χ0) is 29.5. The molecular weight excluding hydrogens is 548 g/mol. The average Bonchev–Trinajstić information content (AvgIpc) is 2.88. The minimum Gasteiger partial charge on any atom is -0.458 e. The van der Waals surface area contributed by atoms with Crippen LogP contribution in [0.4, 0.5) is 0 Å². The van der Waals surface area contributed by atoms with Gasteiger partial charge in [-0.3, -0.25) is 4.18 Å². The summed E-state index contributed by atoms with van der Waals surface area (Å²) in [5.41, 5.74) is 0.454. The van der Waals surface area contributed by atoms with E-state index in [9.17, 15) is 13.2 Å². The van der Waals surface area contributed by atoms with Gasteiger partial charge in [-0.1, -0.05) is 17.7 Å². The molecule has 1 rings (SSSR count). The second kappa shape index (κ2) is 22.0. The Morgan fingerprint density at radius 2 is 0.950 bits per heavy atom. The summed E-state index contributed by atoms with van der Waals surface area (Å²) in [6, 6.07) is 6.46. The molecule has 40 heavy (non-hydrogen) atoms. The molecule has 0 N–H and O–H groups in total. The zero-order valence-corrected chi connectivity index (χ0v) is 25.0. The Labute approximate surface area is 238 Å². The number of hydrogen-bond acceptors (Lipinski definition) is 12. The Bertz CT molecular complexity index is 868. The predicted molar refractivity (Wildman–Crippen MR) is 146 cm³/mol. The van der Waals surface area contributed by atoms with E-state index in [1.807, 2.05) is 6.92 Å². The topological polar surface area (TPSA) is 134 Å². The van der Waals surface area contributed by atoms with Crippen LogP contribution >= 0.6 is 0 Å². The fourth-order valence-electron chi connectivity index (χ4n) is 2.82. The summed E-state index contributed by atoms with van der Waals surface area (Å²) < 4.78 is 71.7. The highest BCUT2D eigenvalue weighted by Gasteiger charge is 2.16. The lowest BCUT2D eigenvalue weighted by atomic mass is 10.2. The summed E-state index contributed by atoms with van der Waals surface area (Å²) in [6.45, 7) is 12.1. The highest BCUT2D eigenvalue weighted by Crippen LogP contribution is 2.13. The van der Waals surface area contributed by atoms with E-state index in [2.05, 4.69) is 0 Å². The smallest absolute Gasteiger partial charge is 0.332 e. The molecule has 0 aliphatic heterocycles. The SMILES string of the molecule is Cc1ccc(S(=O)(=O)OCCOCCOCCOCCOCCOCCOCCOCC(=O)OC(C)(C)C)cc1. The van der Waals surface area contributed by atoms with Gasteiger partial charge in [-0.25, -0.2) is 4.79 Å². The molecule has 1 aromatic rings. The molecule has 0 spiro atoms. The Morgan fingerprint density at radius 1 is 0.600 bits per heavy atom. The van der Waals surface area contributed by atoms with Gasteiger partial charge in [-0.2, -0.15) is 8.42 Å². The van der Waals surface area contributed by atoms with Crippen molar-refractivity contribution in [1.29, 1.82) is 0 Å². The highest BCUT2D eigenvalue weighted by atomic mass is 32.2. The molecule has 0 aliphatic rings. The van der Waals surface area contributed by atoms with Crippen LogP contribution in [0.1, 0.15) is 26.3 Å². The maximum absolute atomic E-state index is 12.0. The Balaban J connectivity index is 1.76. The van der Waals surface area contributed by atoms with Gasteiger partial charge in [0.25, 0.3) is 10.1 Å². The lowest BCUT2D eigenvalue weighted by Crippen LogP contribution is -2.27. The largest absolute Gasteiger partial charge is 0.458 e. The Morgan fingerprint density at radius 3 is 1.32 bits per heavy atom. The van der Waals surface area contributed by atoms with E-state index in [4.69, 9.17) is 42.1 Å². The molecule has 0 unspecified atom stereocenters. The van der Waals surface area contributed by atoms with Gasteiger partial charge in [-0.15, -0.1) is 0 Å². The third kappa shape index (κ3) is 21.1. The van der Waals surface area contributed by atoms with Crippen LogP contribution in [0, 0.1) is 6.92 Å². The van der Waals surface area contributed by atoms with Crippen molar-refractivity contribution >= 4 is 16.1 Å². The van der Waals surface area contributed by atoms with Crippen molar-refractivity contribution in [2.24, 2.45) is 0 Å². The zero-order valence-electron chi connectivity index (χ0n) is 24.2. The first kappa shape index (κ1) is 36.3. The van der Waals surface area contributed by atoms with Crippen molar-refractivity contribution in [3.63, 3.8) is 0 Å². The van der Waals surface area contributed by atoms with Gasteiger partial charge in [0, 0.05) is 0 Å². The number of esters is 1. The molecule has 0 fully saturated rings. The van der Waals surface area contributed by atoms with E-state index in [0.717, 1.165) is 5.56 Å². The van der Waals surface area contributed by atoms with Gasteiger partial charge in [0.05, 0.1) is 97.4 Å². The van der Waals surface area contributed by atoms with Crippen LogP contribution < -0.4 is 0 Å². The van der Waals surface area contributed by atoms with Gasteiger partial charge < -0.3 is 37.9 Å². The maximum Gasteiger partial charge on any atom is 0.332 e. The average molecular weight is 595 g/mol. The van der Waals surface area contributed by atoms with Crippen molar-refractivity contribution < 1.29 is 55.3 Å². The van der Waals surface area contributed by atoms with Crippen molar-refractivity contribution in [1.82, 2.24) is 0 Å². The first-order valence-electron chi connectivity index (χ1n) is 13.3.